The minimum Gasteiger partial charge on any atom is -0.289 e. The van der Waals surface area contributed by atoms with E-state index in [2.05, 4.69) is 13.8 Å². The Kier molecular flexibility index (Phi) is 6.60. The SMILES string of the molecule is CCCCSc1cccc2c1C(=O)c1c(SCCCC)cccc1C2=O. The number of rotatable bonds is 8. The van der Waals surface area contributed by atoms with Gasteiger partial charge in [0.05, 0.1) is 0 Å². The van der Waals surface area contributed by atoms with E-state index in [9.17, 15) is 9.59 Å². The van der Waals surface area contributed by atoms with Crippen molar-refractivity contribution < 1.29 is 9.59 Å². The Bertz CT molecular complexity index is 761. The van der Waals surface area contributed by atoms with Crippen LogP contribution in [0.25, 0.3) is 0 Å². The molecule has 136 valence electrons. The smallest absolute Gasteiger partial charge is 0.196 e. The molecule has 0 bridgehead atoms. The summed E-state index contributed by atoms with van der Waals surface area (Å²) in [6.07, 6.45) is 4.45. The van der Waals surface area contributed by atoms with E-state index in [4.69, 9.17) is 0 Å². The van der Waals surface area contributed by atoms with Gasteiger partial charge in [0.15, 0.2) is 11.6 Å². The summed E-state index contributed by atoms with van der Waals surface area (Å²) in [6.45, 7) is 4.32. The highest BCUT2D eigenvalue weighted by Crippen LogP contribution is 2.38. The van der Waals surface area contributed by atoms with Gasteiger partial charge < -0.3 is 0 Å². The van der Waals surface area contributed by atoms with E-state index in [1.54, 1.807) is 35.7 Å². The predicted octanol–water partition coefficient (Wildman–Crippen LogP) is 6.25. The van der Waals surface area contributed by atoms with Crippen molar-refractivity contribution in [2.75, 3.05) is 11.5 Å². The van der Waals surface area contributed by atoms with Crippen molar-refractivity contribution in [3.63, 3.8) is 0 Å². The van der Waals surface area contributed by atoms with E-state index in [0.717, 1.165) is 47.0 Å². The summed E-state index contributed by atoms with van der Waals surface area (Å²) in [5, 5.41) is 0. The molecule has 2 nitrogen and oxygen atoms in total. The topological polar surface area (TPSA) is 34.1 Å². The van der Waals surface area contributed by atoms with Crippen LogP contribution in [0, 0.1) is 0 Å². The highest BCUT2D eigenvalue weighted by Gasteiger charge is 2.33. The number of carbonyl (C=O) groups excluding carboxylic acids is 2. The summed E-state index contributed by atoms with van der Waals surface area (Å²) in [4.78, 5) is 28.3. The second kappa shape index (κ2) is 8.92. The van der Waals surface area contributed by atoms with Crippen molar-refractivity contribution >= 4 is 35.1 Å². The Labute approximate surface area is 164 Å². The molecular formula is C22H24O2S2. The van der Waals surface area contributed by atoms with Crippen molar-refractivity contribution in [1.29, 1.82) is 0 Å². The van der Waals surface area contributed by atoms with Crippen LogP contribution in [0.15, 0.2) is 46.2 Å². The molecule has 0 unspecified atom stereocenters. The summed E-state index contributed by atoms with van der Waals surface area (Å²) in [5.41, 5.74) is 2.32. The fourth-order valence-corrected chi connectivity index (χ4v) is 5.42. The maximum Gasteiger partial charge on any atom is 0.196 e. The number of hydrogen-bond donors (Lipinski definition) is 0. The van der Waals surface area contributed by atoms with Gasteiger partial charge >= 0.3 is 0 Å². The van der Waals surface area contributed by atoms with Crippen LogP contribution in [0.2, 0.25) is 0 Å². The summed E-state index contributed by atoms with van der Waals surface area (Å²) in [7, 11) is 0. The van der Waals surface area contributed by atoms with Crippen molar-refractivity contribution in [3.8, 4) is 0 Å². The molecule has 0 saturated heterocycles. The van der Waals surface area contributed by atoms with E-state index in [0.29, 0.717) is 22.3 Å². The minimum atomic E-state index is -0.0227. The van der Waals surface area contributed by atoms with Gasteiger partial charge in [-0.1, -0.05) is 51.0 Å². The van der Waals surface area contributed by atoms with E-state index in [-0.39, 0.29) is 11.6 Å². The Morgan fingerprint density at radius 1 is 0.692 bits per heavy atom. The van der Waals surface area contributed by atoms with E-state index >= 15 is 0 Å². The third-order valence-corrected chi connectivity index (χ3v) is 6.79. The van der Waals surface area contributed by atoms with Gasteiger partial charge in [0.25, 0.3) is 0 Å². The Hall–Kier alpha value is -1.52. The van der Waals surface area contributed by atoms with Crippen molar-refractivity contribution in [2.24, 2.45) is 0 Å². The fourth-order valence-electron chi connectivity index (χ4n) is 3.07. The second-order valence-corrected chi connectivity index (χ2v) is 8.69. The summed E-state index contributed by atoms with van der Waals surface area (Å²) < 4.78 is 0. The molecule has 0 aliphatic heterocycles. The van der Waals surface area contributed by atoms with Crippen LogP contribution in [0.1, 0.15) is 71.4 Å². The van der Waals surface area contributed by atoms with Crippen molar-refractivity contribution in [1.82, 2.24) is 0 Å². The minimum absolute atomic E-state index is 0.00815. The number of carbonyl (C=O) groups is 2. The molecule has 26 heavy (non-hydrogen) atoms. The average molecular weight is 385 g/mol. The Morgan fingerprint density at radius 3 is 1.58 bits per heavy atom. The van der Waals surface area contributed by atoms with Gasteiger partial charge in [0, 0.05) is 32.0 Å². The number of hydrogen-bond acceptors (Lipinski definition) is 4. The zero-order valence-corrected chi connectivity index (χ0v) is 17.0. The molecule has 0 aromatic heterocycles. The highest BCUT2D eigenvalue weighted by molar-refractivity contribution is 7.99. The van der Waals surface area contributed by atoms with E-state index in [1.165, 1.54) is 0 Å². The van der Waals surface area contributed by atoms with Crippen LogP contribution in [-0.4, -0.2) is 23.1 Å². The predicted molar refractivity (Wildman–Crippen MR) is 111 cm³/mol. The molecule has 2 aromatic carbocycles. The normalized spacial score (nSPS) is 12.8. The lowest BCUT2D eigenvalue weighted by Gasteiger charge is -2.22. The van der Waals surface area contributed by atoms with Gasteiger partial charge in [0.2, 0.25) is 0 Å². The maximum absolute atomic E-state index is 13.4. The average Bonchev–Trinajstić information content (AvgIpc) is 2.66. The van der Waals surface area contributed by atoms with Gasteiger partial charge in [0.1, 0.15) is 0 Å². The molecule has 0 heterocycles. The van der Waals surface area contributed by atoms with Crippen LogP contribution < -0.4 is 0 Å². The summed E-state index contributed by atoms with van der Waals surface area (Å²) >= 11 is 3.38. The van der Waals surface area contributed by atoms with Crippen LogP contribution in [0.5, 0.6) is 0 Å². The first-order valence-electron chi connectivity index (χ1n) is 9.30. The molecule has 0 amide bonds. The van der Waals surface area contributed by atoms with E-state index in [1.807, 2.05) is 24.3 Å². The van der Waals surface area contributed by atoms with Crippen LogP contribution >= 0.6 is 23.5 Å². The van der Waals surface area contributed by atoms with Crippen LogP contribution in [0.4, 0.5) is 0 Å². The van der Waals surface area contributed by atoms with Crippen molar-refractivity contribution in [3.05, 3.63) is 58.7 Å². The Morgan fingerprint density at radius 2 is 1.15 bits per heavy atom. The molecule has 4 heteroatoms. The molecule has 0 saturated carbocycles. The maximum atomic E-state index is 13.4. The second-order valence-electron chi connectivity index (χ2n) is 6.42. The molecule has 0 spiro atoms. The number of benzene rings is 2. The lowest BCUT2D eigenvalue weighted by Crippen LogP contribution is -2.22. The first kappa shape index (κ1) is 19.2. The van der Waals surface area contributed by atoms with Crippen LogP contribution in [0.3, 0.4) is 0 Å². The third-order valence-electron chi connectivity index (χ3n) is 4.51. The molecule has 0 N–H and O–H groups in total. The quantitative estimate of drug-likeness (QED) is 0.340. The van der Waals surface area contributed by atoms with Gasteiger partial charge in [-0.3, -0.25) is 9.59 Å². The summed E-state index contributed by atoms with van der Waals surface area (Å²) in [6, 6.07) is 11.3. The lowest BCUT2D eigenvalue weighted by atomic mass is 9.84. The zero-order chi connectivity index (χ0) is 18.5. The largest absolute Gasteiger partial charge is 0.289 e. The monoisotopic (exact) mass is 384 g/mol. The van der Waals surface area contributed by atoms with Gasteiger partial charge in [-0.15, -0.1) is 23.5 Å². The van der Waals surface area contributed by atoms with Crippen LogP contribution in [-0.2, 0) is 0 Å². The molecule has 0 fully saturated rings. The number of thioether (sulfide) groups is 2. The number of unbranched alkanes of at least 4 members (excludes halogenated alkanes) is 2. The lowest BCUT2D eigenvalue weighted by molar-refractivity contribution is 0.0974. The first-order chi connectivity index (χ1) is 12.7. The molecule has 2 aromatic rings. The first-order valence-corrected chi connectivity index (χ1v) is 11.3. The highest BCUT2D eigenvalue weighted by atomic mass is 32.2. The van der Waals surface area contributed by atoms with E-state index < -0.39 is 0 Å². The molecular weight excluding hydrogens is 360 g/mol. The zero-order valence-electron chi connectivity index (χ0n) is 15.3. The van der Waals surface area contributed by atoms with Gasteiger partial charge in [-0.2, -0.15) is 0 Å². The Balaban J connectivity index is 2.02. The molecule has 0 atom stereocenters. The summed E-state index contributed by atoms with van der Waals surface area (Å²) in [5.74, 6) is 1.92. The van der Waals surface area contributed by atoms with Gasteiger partial charge in [-0.25, -0.2) is 0 Å². The molecule has 0 radical (unpaired) electrons. The standard InChI is InChI=1S/C22H24O2S2/c1-3-5-13-25-17-11-7-9-15-19(17)22(24)20-16(21(15)23)10-8-12-18(20)26-14-6-4-2/h7-12H,3-6,13-14H2,1-2H3. The molecule has 1 aliphatic carbocycles. The fraction of sp³-hybridized carbons (Fsp3) is 0.364. The molecule has 3 rings (SSSR count). The van der Waals surface area contributed by atoms with Gasteiger partial charge in [-0.05, 0) is 36.5 Å². The molecule has 1 aliphatic rings. The third kappa shape index (κ3) is 3.77. The number of ketones is 2. The number of fused-ring (bicyclic) bond motifs is 2. The van der Waals surface area contributed by atoms with Crippen molar-refractivity contribution in [2.45, 2.75) is 49.3 Å².